The summed E-state index contributed by atoms with van der Waals surface area (Å²) in [5.74, 6) is 1.06. The van der Waals surface area contributed by atoms with Crippen LogP contribution in [0, 0.1) is 45.8 Å². The molecule has 0 saturated heterocycles. The minimum atomic E-state index is -0.553. The quantitative estimate of drug-likeness (QED) is 0.273. The van der Waals surface area contributed by atoms with Crippen LogP contribution in [0.15, 0.2) is 12.7 Å². The number of hydrogen-bond acceptors (Lipinski definition) is 6. The summed E-state index contributed by atoms with van der Waals surface area (Å²) in [5, 5.41) is 2.94. The van der Waals surface area contributed by atoms with E-state index in [0.717, 1.165) is 19.3 Å². The number of carbonyl (C=O) groups is 3. The molecule has 39 heavy (non-hydrogen) atoms. The summed E-state index contributed by atoms with van der Waals surface area (Å²) in [6.07, 6.45) is 6.06. The highest BCUT2D eigenvalue weighted by Gasteiger charge is 2.67. The van der Waals surface area contributed by atoms with E-state index in [1.165, 1.54) is 11.8 Å². The zero-order chi connectivity index (χ0) is 29.6. The van der Waals surface area contributed by atoms with Crippen LogP contribution in [0.25, 0.3) is 0 Å². The Balaban J connectivity index is 1.82. The Kier molecular flexibility index (Phi) is 9.49. The number of esters is 1. The highest BCUT2D eigenvalue weighted by atomic mass is 32.2. The molecule has 0 radical (unpaired) electrons. The Hall–Kier alpha value is -1.34. The molecule has 2 bridgehead atoms. The number of nitrogens with one attached hydrogen (secondary N) is 1. The molecular weight excluding hydrogens is 508 g/mol. The topological polar surface area (TPSA) is 98.5 Å². The van der Waals surface area contributed by atoms with Crippen LogP contribution in [-0.4, -0.2) is 46.9 Å². The van der Waals surface area contributed by atoms with Crippen molar-refractivity contribution in [1.82, 2.24) is 5.32 Å². The molecule has 0 aromatic rings. The molecule has 7 heteroatoms. The monoisotopic (exact) mass is 562 g/mol. The fourth-order valence-electron chi connectivity index (χ4n) is 8.03. The first-order valence-corrected chi connectivity index (χ1v) is 16.0. The number of ether oxygens (including phenoxy) is 1. The summed E-state index contributed by atoms with van der Waals surface area (Å²) >= 11 is 1.48. The Bertz CT molecular complexity index is 966. The molecule has 0 heterocycles. The van der Waals surface area contributed by atoms with E-state index in [9.17, 15) is 14.4 Å². The number of hydrogen-bond donors (Lipinski definition) is 2. The van der Waals surface area contributed by atoms with E-state index in [1.54, 1.807) is 0 Å². The van der Waals surface area contributed by atoms with Gasteiger partial charge in [-0.05, 0) is 74.0 Å². The molecule has 0 spiro atoms. The van der Waals surface area contributed by atoms with Crippen LogP contribution in [0.2, 0.25) is 0 Å². The minimum absolute atomic E-state index is 0.0428. The smallest absolute Gasteiger partial charge is 0.316 e. The van der Waals surface area contributed by atoms with E-state index >= 15 is 0 Å². The standard InChI is InChI=1S/C32H54N2O4S/c1-11-30(9)16-24(38-25(36)17-39-29(7,8)18-34-28(37)26(33)19(2)3)31(10)20(4)12-14-32(22(6)21(30)5)15-13-23(35)27(31)32/h11,19-22,24,26-27H,1,12-18,33H2,2-10H3,(H,34,37)/t20-,21+,22+,24-,26?,27+,30-,31+,32+/m1/s1. The maximum absolute atomic E-state index is 13.6. The Morgan fingerprint density at radius 2 is 1.85 bits per heavy atom. The first kappa shape index (κ1) is 32.2. The number of ketones is 1. The zero-order valence-corrected chi connectivity index (χ0v) is 26.7. The van der Waals surface area contributed by atoms with Gasteiger partial charge >= 0.3 is 5.97 Å². The third-order valence-electron chi connectivity index (χ3n) is 11.5. The third-order valence-corrected chi connectivity index (χ3v) is 12.8. The summed E-state index contributed by atoms with van der Waals surface area (Å²) in [6.45, 7) is 23.9. The van der Waals surface area contributed by atoms with E-state index in [2.05, 4.69) is 52.6 Å². The van der Waals surface area contributed by atoms with Gasteiger partial charge in [-0.25, -0.2) is 0 Å². The fourth-order valence-corrected chi connectivity index (χ4v) is 8.78. The number of allylic oxidation sites excluding steroid dienone is 1. The van der Waals surface area contributed by atoms with Gasteiger partial charge in [0.2, 0.25) is 5.91 Å². The van der Waals surface area contributed by atoms with E-state index < -0.39 is 11.5 Å². The maximum Gasteiger partial charge on any atom is 0.316 e. The Morgan fingerprint density at radius 3 is 2.44 bits per heavy atom. The predicted molar refractivity (Wildman–Crippen MR) is 160 cm³/mol. The maximum atomic E-state index is 13.6. The second-order valence-electron chi connectivity index (χ2n) is 14.4. The summed E-state index contributed by atoms with van der Waals surface area (Å²) < 4.78 is 6.07. The van der Waals surface area contributed by atoms with Crippen molar-refractivity contribution in [3.05, 3.63) is 12.7 Å². The van der Waals surface area contributed by atoms with Crippen LogP contribution in [0.5, 0.6) is 0 Å². The highest BCUT2D eigenvalue weighted by Crippen LogP contribution is 2.69. The van der Waals surface area contributed by atoms with Crippen LogP contribution in [0.3, 0.4) is 0 Å². The average molecular weight is 563 g/mol. The molecule has 3 saturated carbocycles. The molecule has 3 aliphatic rings. The van der Waals surface area contributed by atoms with Gasteiger partial charge in [0.15, 0.2) is 0 Å². The lowest BCUT2D eigenvalue weighted by atomic mass is 9.42. The van der Waals surface area contributed by atoms with Gasteiger partial charge < -0.3 is 15.8 Å². The molecule has 3 fully saturated rings. The van der Waals surface area contributed by atoms with Gasteiger partial charge in [-0.3, -0.25) is 14.4 Å². The fraction of sp³-hybridized carbons (Fsp3) is 0.844. The number of carbonyl (C=O) groups excluding carboxylic acids is 3. The van der Waals surface area contributed by atoms with Gasteiger partial charge in [-0.2, -0.15) is 0 Å². The van der Waals surface area contributed by atoms with E-state index in [4.69, 9.17) is 10.5 Å². The lowest BCUT2D eigenvalue weighted by Gasteiger charge is -2.62. The third kappa shape index (κ3) is 5.86. The number of thioether (sulfide) groups is 1. The van der Waals surface area contributed by atoms with Crippen molar-refractivity contribution in [2.75, 3.05) is 12.3 Å². The molecule has 9 atom stereocenters. The van der Waals surface area contributed by atoms with E-state index in [0.29, 0.717) is 37.0 Å². The number of amides is 1. The number of Topliss-reactive ketones (excluding diaryl/α,β-unsaturated/α-hetero) is 1. The molecule has 3 aliphatic carbocycles. The summed E-state index contributed by atoms with van der Waals surface area (Å²) in [5.41, 5.74) is 5.31. The molecule has 6 nitrogen and oxygen atoms in total. The van der Waals surface area contributed by atoms with Gasteiger partial charge in [0, 0.05) is 29.0 Å². The van der Waals surface area contributed by atoms with E-state index in [-0.39, 0.29) is 57.1 Å². The second-order valence-corrected chi connectivity index (χ2v) is 16.1. The van der Waals surface area contributed by atoms with Crippen molar-refractivity contribution in [1.29, 1.82) is 0 Å². The van der Waals surface area contributed by atoms with Crippen LogP contribution < -0.4 is 11.1 Å². The largest absolute Gasteiger partial charge is 0.461 e. The van der Waals surface area contributed by atoms with Gasteiger partial charge in [-0.1, -0.05) is 54.5 Å². The lowest BCUT2D eigenvalue weighted by molar-refractivity contribution is -0.196. The SMILES string of the molecule is C=C[C@]1(C)C[C@@H](OC(=O)CSC(C)(C)CNC(=O)C(N)C(C)C)[C@]2(C)[C@H](C)CC[C@]3(CCC(=O)[C@H]32)[C@@H](C)[C@@H]1C. The molecule has 0 aromatic carbocycles. The van der Waals surface area contributed by atoms with Gasteiger partial charge in [0.05, 0.1) is 11.8 Å². The van der Waals surface area contributed by atoms with Gasteiger partial charge in [0.1, 0.15) is 11.9 Å². The molecule has 0 aromatic heterocycles. The summed E-state index contributed by atoms with van der Waals surface area (Å²) in [4.78, 5) is 39.4. The molecule has 1 amide bonds. The first-order valence-electron chi connectivity index (χ1n) is 15.0. The van der Waals surface area contributed by atoms with Crippen molar-refractivity contribution >= 4 is 29.4 Å². The minimum Gasteiger partial charge on any atom is -0.461 e. The van der Waals surface area contributed by atoms with Crippen LogP contribution >= 0.6 is 11.8 Å². The number of nitrogens with two attached hydrogens (primary N) is 1. The molecule has 222 valence electrons. The van der Waals surface area contributed by atoms with Crippen LogP contribution in [0.1, 0.15) is 94.4 Å². The van der Waals surface area contributed by atoms with Crippen LogP contribution in [-0.2, 0) is 19.1 Å². The molecule has 1 unspecified atom stereocenters. The van der Waals surface area contributed by atoms with Crippen molar-refractivity contribution in [3.63, 3.8) is 0 Å². The molecule has 0 aliphatic heterocycles. The van der Waals surface area contributed by atoms with Crippen molar-refractivity contribution in [2.45, 2.75) is 111 Å². The number of rotatable bonds is 9. The summed E-state index contributed by atoms with van der Waals surface area (Å²) in [7, 11) is 0. The lowest BCUT2D eigenvalue weighted by Crippen LogP contribution is -2.61. The normalized spacial score (nSPS) is 39.4. The molecule has 3 N–H and O–H groups in total. The van der Waals surface area contributed by atoms with Crippen molar-refractivity contribution in [3.8, 4) is 0 Å². The van der Waals surface area contributed by atoms with Crippen molar-refractivity contribution in [2.24, 2.45) is 51.6 Å². The Labute approximate surface area is 241 Å². The Morgan fingerprint density at radius 1 is 1.21 bits per heavy atom. The van der Waals surface area contributed by atoms with Crippen molar-refractivity contribution < 1.29 is 19.1 Å². The van der Waals surface area contributed by atoms with Crippen LogP contribution in [0.4, 0.5) is 0 Å². The predicted octanol–water partition coefficient (Wildman–Crippen LogP) is 5.78. The molecular formula is C32H54N2O4S. The zero-order valence-electron chi connectivity index (χ0n) is 25.9. The second kappa shape index (κ2) is 11.5. The average Bonchev–Trinajstić information content (AvgIpc) is 3.24. The van der Waals surface area contributed by atoms with E-state index in [1.807, 2.05) is 27.7 Å². The van der Waals surface area contributed by atoms with Gasteiger partial charge in [-0.15, -0.1) is 18.3 Å². The summed E-state index contributed by atoms with van der Waals surface area (Å²) in [6, 6.07) is -0.553. The van der Waals surface area contributed by atoms with Gasteiger partial charge in [0.25, 0.3) is 0 Å². The molecule has 3 rings (SSSR count). The highest BCUT2D eigenvalue weighted by molar-refractivity contribution is 8.01. The first-order chi connectivity index (χ1) is 17.9.